The van der Waals surface area contributed by atoms with E-state index in [2.05, 4.69) is 11.4 Å². The summed E-state index contributed by atoms with van der Waals surface area (Å²) in [6, 6.07) is 11.2. The number of rotatable bonds is 4. The van der Waals surface area contributed by atoms with Crippen molar-refractivity contribution in [3.05, 3.63) is 58.4 Å². The maximum absolute atomic E-state index is 13.2. The normalized spacial score (nSPS) is 14.4. The number of halogens is 2. The summed E-state index contributed by atoms with van der Waals surface area (Å²) in [6.07, 6.45) is 1.21. The van der Waals surface area contributed by atoms with Crippen LogP contribution in [-0.2, 0) is 4.79 Å². The molecule has 2 aromatic rings. The van der Waals surface area contributed by atoms with Gasteiger partial charge >= 0.3 is 0 Å². The van der Waals surface area contributed by atoms with Gasteiger partial charge in [-0.25, -0.2) is 4.39 Å². The molecule has 0 saturated carbocycles. The molecule has 0 unspecified atom stereocenters. The number of nitrogens with zero attached hydrogens (tertiary/aromatic N) is 2. The molecule has 2 aromatic carbocycles. The fourth-order valence-corrected chi connectivity index (χ4v) is 3.54. The molecule has 3 rings (SSSR count). The molecule has 0 atom stereocenters. The van der Waals surface area contributed by atoms with E-state index in [9.17, 15) is 14.0 Å². The lowest BCUT2D eigenvalue weighted by Crippen LogP contribution is -2.38. The molecule has 7 heteroatoms. The number of ketones is 1. The number of benzene rings is 2. The molecule has 0 aliphatic carbocycles. The van der Waals surface area contributed by atoms with Gasteiger partial charge in [-0.1, -0.05) is 11.6 Å². The molecule has 1 saturated heterocycles. The number of Topliss-reactive ketones (excluding diaryl/α,β-unsaturated/α-hetero) is 1. The second kappa shape index (κ2) is 8.41. The van der Waals surface area contributed by atoms with E-state index in [0.717, 1.165) is 5.69 Å². The zero-order valence-corrected chi connectivity index (χ0v) is 16.1. The quantitative estimate of drug-likeness (QED) is 0.773. The lowest BCUT2D eigenvalue weighted by Gasteiger charge is -2.34. The number of hydrogen-bond donors (Lipinski definition) is 1. The Kier molecular flexibility index (Phi) is 5.96. The van der Waals surface area contributed by atoms with Crippen molar-refractivity contribution in [3.63, 3.8) is 0 Å². The summed E-state index contributed by atoms with van der Waals surface area (Å²) in [4.78, 5) is 26.5. The van der Waals surface area contributed by atoms with E-state index in [1.807, 2.05) is 4.90 Å². The van der Waals surface area contributed by atoms with Crippen molar-refractivity contribution >= 4 is 34.7 Å². The van der Waals surface area contributed by atoms with E-state index in [-0.39, 0.29) is 22.6 Å². The third kappa shape index (κ3) is 4.32. The number of piperidine rings is 1. The first-order valence-corrected chi connectivity index (χ1v) is 9.33. The van der Waals surface area contributed by atoms with E-state index >= 15 is 0 Å². The summed E-state index contributed by atoms with van der Waals surface area (Å²) in [5.41, 5.74) is 2.26. The third-order valence-electron chi connectivity index (χ3n) is 4.90. The molecule has 5 nitrogen and oxygen atoms in total. The SMILES string of the molecule is CC(=O)c1ccc(C#N)cc1N1CCC(C(=O)Nc2ccc(F)c(Cl)c2)CC1. The largest absolute Gasteiger partial charge is 0.371 e. The molecule has 1 heterocycles. The van der Waals surface area contributed by atoms with Crippen molar-refractivity contribution < 1.29 is 14.0 Å². The van der Waals surface area contributed by atoms with Crippen LogP contribution >= 0.6 is 11.6 Å². The highest BCUT2D eigenvalue weighted by atomic mass is 35.5. The van der Waals surface area contributed by atoms with Crippen molar-refractivity contribution in [2.24, 2.45) is 5.92 Å². The molecule has 1 aliphatic heterocycles. The van der Waals surface area contributed by atoms with Crippen molar-refractivity contribution in [2.75, 3.05) is 23.3 Å². The molecule has 0 aromatic heterocycles. The highest BCUT2D eigenvalue weighted by molar-refractivity contribution is 6.31. The van der Waals surface area contributed by atoms with Crippen LogP contribution in [0.1, 0.15) is 35.7 Å². The monoisotopic (exact) mass is 399 g/mol. The minimum Gasteiger partial charge on any atom is -0.371 e. The minimum absolute atomic E-state index is 0.0400. The Morgan fingerprint density at radius 3 is 2.54 bits per heavy atom. The number of carbonyl (C=O) groups excluding carboxylic acids is 2. The Labute approximate surface area is 167 Å². The molecule has 1 N–H and O–H groups in total. The minimum atomic E-state index is -0.533. The fourth-order valence-electron chi connectivity index (χ4n) is 3.36. The van der Waals surface area contributed by atoms with Gasteiger partial charge in [0.1, 0.15) is 5.82 Å². The lowest BCUT2D eigenvalue weighted by atomic mass is 9.94. The van der Waals surface area contributed by atoms with Gasteiger partial charge < -0.3 is 10.2 Å². The smallest absolute Gasteiger partial charge is 0.227 e. The average molecular weight is 400 g/mol. The second-order valence-corrected chi connectivity index (χ2v) is 7.19. The number of nitriles is 1. The van der Waals surface area contributed by atoms with Gasteiger partial charge in [0, 0.05) is 35.9 Å². The van der Waals surface area contributed by atoms with Crippen molar-refractivity contribution in [1.29, 1.82) is 5.26 Å². The van der Waals surface area contributed by atoms with Gasteiger partial charge in [-0.3, -0.25) is 9.59 Å². The summed E-state index contributed by atoms with van der Waals surface area (Å²) >= 11 is 5.75. The van der Waals surface area contributed by atoms with Gasteiger partial charge in [0.15, 0.2) is 5.78 Å². The summed E-state index contributed by atoms with van der Waals surface area (Å²) in [7, 11) is 0. The van der Waals surface area contributed by atoms with Crippen LogP contribution in [0.25, 0.3) is 0 Å². The third-order valence-corrected chi connectivity index (χ3v) is 5.19. The van der Waals surface area contributed by atoms with Crippen molar-refractivity contribution in [3.8, 4) is 6.07 Å². The van der Waals surface area contributed by atoms with E-state index in [4.69, 9.17) is 16.9 Å². The highest BCUT2D eigenvalue weighted by Gasteiger charge is 2.27. The number of nitrogens with one attached hydrogen (secondary N) is 1. The fraction of sp³-hybridized carbons (Fsp3) is 0.286. The number of carbonyl (C=O) groups is 2. The van der Waals surface area contributed by atoms with Gasteiger partial charge in [-0.2, -0.15) is 5.26 Å². The summed E-state index contributed by atoms with van der Waals surface area (Å²) in [5, 5.41) is 11.9. The zero-order chi connectivity index (χ0) is 20.3. The molecule has 0 spiro atoms. The first-order valence-electron chi connectivity index (χ1n) is 8.95. The molecule has 1 aliphatic rings. The van der Waals surface area contributed by atoms with Crippen LogP contribution in [-0.4, -0.2) is 24.8 Å². The zero-order valence-electron chi connectivity index (χ0n) is 15.3. The van der Waals surface area contributed by atoms with E-state index in [1.165, 1.54) is 25.1 Å². The number of hydrogen-bond acceptors (Lipinski definition) is 4. The van der Waals surface area contributed by atoms with Crippen LogP contribution in [0.2, 0.25) is 5.02 Å². The maximum Gasteiger partial charge on any atom is 0.227 e. The van der Waals surface area contributed by atoms with Gasteiger partial charge in [-0.05, 0) is 56.2 Å². The van der Waals surface area contributed by atoms with Crippen LogP contribution in [0, 0.1) is 23.1 Å². The molecule has 1 amide bonds. The first kappa shape index (κ1) is 19.8. The van der Waals surface area contributed by atoms with Gasteiger partial charge in [0.2, 0.25) is 5.91 Å². The van der Waals surface area contributed by atoms with E-state index in [0.29, 0.717) is 42.7 Å². The van der Waals surface area contributed by atoms with Crippen molar-refractivity contribution in [1.82, 2.24) is 0 Å². The summed E-state index contributed by atoms with van der Waals surface area (Å²) in [6.45, 7) is 2.69. The number of anilines is 2. The topological polar surface area (TPSA) is 73.2 Å². The predicted octanol–water partition coefficient (Wildman–Crippen LogP) is 4.41. The van der Waals surface area contributed by atoms with E-state index in [1.54, 1.807) is 18.2 Å². The van der Waals surface area contributed by atoms with Crippen LogP contribution in [0.3, 0.4) is 0 Å². The maximum atomic E-state index is 13.2. The van der Waals surface area contributed by atoms with Gasteiger partial charge in [0.25, 0.3) is 0 Å². The summed E-state index contributed by atoms with van der Waals surface area (Å²) < 4.78 is 13.2. The van der Waals surface area contributed by atoms with Gasteiger partial charge in [-0.15, -0.1) is 0 Å². The Hall–Kier alpha value is -2.91. The average Bonchev–Trinajstić information content (AvgIpc) is 2.70. The summed E-state index contributed by atoms with van der Waals surface area (Å²) in [5.74, 6) is -0.929. The second-order valence-electron chi connectivity index (χ2n) is 6.78. The molecular weight excluding hydrogens is 381 g/mol. The Balaban J connectivity index is 1.67. The van der Waals surface area contributed by atoms with Crippen LogP contribution in [0.15, 0.2) is 36.4 Å². The molecule has 0 bridgehead atoms. The Morgan fingerprint density at radius 1 is 1.21 bits per heavy atom. The molecule has 0 radical (unpaired) electrons. The molecule has 1 fully saturated rings. The standard InChI is InChI=1S/C21H19ClFN3O2/c1-13(27)17-4-2-14(12-24)10-20(17)26-8-6-15(7-9-26)21(28)25-16-3-5-19(23)18(22)11-16/h2-5,10-11,15H,6-9H2,1H3,(H,25,28). The van der Waals surface area contributed by atoms with Crippen LogP contribution < -0.4 is 10.2 Å². The number of amides is 1. The van der Waals surface area contributed by atoms with Gasteiger partial charge in [0.05, 0.1) is 16.7 Å². The Bertz CT molecular complexity index is 963. The molecule has 144 valence electrons. The lowest BCUT2D eigenvalue weighted by molar-refractivity contribution is -0.120. The highest BCUT2D eigenvalue weighted by Crippen LogP contribution is 2.29. The van der Waals surface area contributed by atoms with Crippen LogP contribution in [0.5, 0.6) is 0 Å². The Morgan fingerprint density at radius 2 is 1.93 bits per heavy atom. The van der Waals surface area contributed by atoms with Crippen LogP contribution in [0.4, 0.5) is 15.8 Å². The molecular formula is C21H19ClFN3O2. The molecule has 28 heavy (non-hydrogen) atoms. The first-order chi connectivity index (χ1) is 13.4. The van der Waals surface area contributed by atoms with E-state index < -0.39 is 5.82 Å². The van der Waals surface area contributed by atoms with Crippen molar-refractivity contribution in [2.45, 2.75) is 19.8 Å². The predicted molar refractivity (Wildman–Crippen MR) is 106 cm³/mol.